The van der Waals surface area contributed by atoms with Crippen LogP contribution in [0.2, 0.25) is 5.02 Å². The SMILES string of the molecule is CCOC(=O)C1=C(C)N=c2s/c(=C/c3cc(I)cc(I)c3OCc3ccc(Cl)cc3)c(=O)n2[C@@H]1c1ccc(OC(C)C)c(OC)c1. The highest BCUT2D eigenvalue weighted by Gasteiger charge is 2.34. The Balaban J connectivity index is 1.66. The fourth-order valence-corrected chi connectivity index (χ4v) is 8.24. The normalized spacial score (nSPS) is 14.6. The molecule has 4 aromatic rings. The quantitative estimate of drug-likeness (QED) is 0.126. The predicted octanol–water partition coefficient (Wildman–Crippen LogP) is 7.04. The molecule has 1 aromatic heterocycles. The van der Waals surface area contributed by atoms with Crippen LogP contribution in [0.5, 0.6) is 17.2 Å². The fourth-order valence-electron chi connectivity index (χ4n) is 5.03. The Bertz CT molecular complexity index is 2000. The van der Waals surface area contributed by atoms with E-state index < -0.39 is 12.0 Å². The lowest BCUT2D eigenvalue weighted by Gasteiger charge is -2.25. The van der Waals surface area contributed by atoms with E-state index in [4.69, 9.17) is 35.5 Å². The van der Waals surface area contributed by atoms with Crippen molar-refractivity contribution in [3.63, 3.8) is 0 Å². The predicted molar refractivity (Wildman–Crippen MR) is 197 cm³/mol. The highest BCUT2D eigenvalue weighted by molar-refractivity contribution is 14.1. The molecule has 8 nitrogen and oxygen atoms in total. The van der Waals surface area contributed by atoms with Crippen molar-refractivity contribution in [1.82, 2.24) is 4.57 Å². The van der Waals surface area contributed by atoms with Crippen molar-refractivity contribution < 1.29 is 23.7 Å². The zero-order chi connectivity index (χ0) is 33.1. The Morgan fingerprint density at radius 2 is 1.85 bits per heavy atom. The third kappa shape index (κ3) is 7.47. The molecule has 12 heteroatoms. The topological polar surface area (TPSA) is 88.4 Å². The lowest BCUT2D eigenvalue weighted by molar-refractivity contribution is -0.139. The van der Waals surface area contributed by atoms with E-state index in [1.165, 1.54) is 11.3 Å². The number of ether oxygens (including phenoxy) is 4. The third-order valence-corrected chi connectivity index (χ3v) is 9.66. The minimum absolute atomic E-state index is 0.0705. The molecule has 0 amide bonds. The summed E-state index contributed by atoms with van der Waals surface area (Å²) in [4.78, 5) is 32.8. The monoisotopic (exact) mass is 884 g/mol. The third-order valence-electron chi connectivity index (χ3n) is 7.00. The first kappa shape index (κ1) is 34.5. The standard InChI is InChI=1S/C34H31ClI2N2O6S/c1-6-43-33(41)29-19(4)38-34-39(30(29)21-9-12-26(45-18(2)3)27(14-21)42-5)32(40)28(46-34)15-22-13-24(36)16-25(37)31(22)44-17-20-7-10-23(35)11-8-20/h7-16,18,30H,6,17H2,1-5H3/b28-15+/t30-/m1/s1. The van der Waals surface area contributed by atoms with Gasteiger partial charge in [-0.15, -0.1) is 0 Å². The Kier molecular flexibility index (Phi) is 11.2. The van der Waals surface area contributed by atoms with Gasteiger partial charge in [0.2, 0.25) is 0 Å². The van der Waals surface area contributed by atoms with E-state index in [9.17, 15) is 9.59 Å². The maximum absolute atomic E-state index is 14.3. The molecule has 0 saturated heterocycles. The number of methoxy groups -OCH3 is 1. The fraction of sp³-hybridized carbons (Fsp3) is 0.265. The Morgan fingerprint density at radius 1 is 1.11 bits per heavy atom. The molecule has 0 bridgehead atoms. The van der Waals surface area contributed by atoms with Crippen molar-refractivity contribution in [3.8, 4) is 17.2 Å². The molecule has 0 spiro atoms. The van der Waals surface area contributed by atoms with Gasteiger partial charge < -0.3 is 18.9 Å². The number of esters is 1. The molecule has 2 heterocycles. The summed E-state index contributed by atoms with van der Waals surface area (Å²) >= 11 is 11.8. The summed E-state index contributed by atoms with van der Waals surface area (Å²) < 4.78 is 27.2. The van der Waals surface area contributed by atoms with Crippen LogP contribution in [0.3, 0.4) is 0 Å². The van der Waals surface area contributed by atoms with Gasteiger partial charge in [-0.1, -0.05) is 41.1 Å². The van der Waals surface area contributed by atoms with Crippen molar-refractivity contribution in [1.29, 1.82) is 0 Å². The van der Waals surface area contributed by atoms with Crippen LogP contribution in [0, 0.1) is 7.14 Å². The molecule has 0 radical (unpaired) electrons. The molecule has 1 atom stereocenters. The summed E-state index contributed by atoms with van der Waals surface area (Å²) in [6, 6.07) is 16.1. The maximum Gasteiger partial charge on any atom is 0.338 e. The van der Waals surface area contributed by atoms with Crippen molar-refractivity contribution >= 4 is 80.2 Å². The number of nitrogens with zero attached hydrogens (tertiary/aromatic N) is 2. The van der Waals surface area contributed by atoms with Crippen LogP contribution in [0.1, 0.15) is 50.4 Å². The summed E-state index contributed by atoms with van der Waals surface area (Å²) in [5, 5.41) is 0.654. The molecule has 240 valence electrons. The number of carbonyl (C=O) groups is 1. The van der Waals surface area contributed by atoms with Gasteiger partial charge in [-0.05, 0) is 126 Å². The van der Waals surface area contributed by atoms with Crippen molar-refractivity contribution in [2.75, 3.05) is 13.7 Å². The average Bonchev–Trinajstić information content (AvgIpc) is 3.30. The van der Waals surface area contributed by atoms with Crippen LogP contribution in [-0.4, -0.2) is 30.4 Å². The van der Waals surface area contributed by atoms with Crippen molar-refractivity contribution in [2.24, 2.45) is 4.99 Å². The van der Waals surface area contributed by atoms with Gasteiger partial charge in [-0.3, -0.25) is 9.36 Å². The molecule has 1 aliphatic heterocycles. The first-order valence-electron chi connectivity index (χ1n) is 14.4. The van der Waals surface area contributed by atoms with Gasteiger partial charge in [0.1, 0.15) is 12.4 Å². The van der Waals surface area contributed by atoms with Crippen molar-refractivity contribution in [3.05, 3.63) is 114 Å². The number of rotatable bonds is 10. The van der Waals surface area contributed by atoms with E-state index in [1.54, 1.807) is 37.7 Å². The number of halogens is 3. The number of allylic oxidation sites excluding steroid dienone is 1. The second-order valence-corrected chi connectivity index (χ2v) is 14.5. The molecule has 1 aliphatic rings. The summed E-state index contributed by atoms with van der Waals surface area (Å²) in [6.45, 7) is 7.87. The second kappa shape index (κ2) is 14.9. The Hall–Kier alpha value is -2.88. The molecule has 0 aliphatic carbocycles. The lowest BCUT2D eigenvalue weighted by atomic mass is 9.95. The van der Waals surface area contributed by atoms with Gasteiger partial charge in [0.05, 0.1) is 45.2 Å². The molecule has 0 fully saturated rings. The minimum Gasteiger partial charge on any atom is -0.493 e. The van der Waals surface area contributed by atoms with Crippen LogP contribution in [0.15, 0.2) is 75.7 Å². The van der Waals surface area contributed by atoms with Crippen LogP contribution >= 0.6 is 68.1 Å². The first-order chi connectivity index (χ1) is 22.0. The summed E-state index contributed by atoms with van der Waals surface area (Å²) in [7, 11) is 1.56. The van der Waals surface area contributed by atoms with Crippen LogP contribution < -0.4 is 29.1 Å². The molecular weight excluding hydrogens is 854 g/mol. The number of fused-ring (bicyclic) bond motifs is 1. The van der Waals surface area contributed by atoms with Crippen LogP contribution in [0.25, 0.3) is 6.08 Å². The number of carbonyl (C=O) groups excluding carboxylic acids is 1. The number of benzene rings is 3. The zero-order valence-electron chi connectivity index (χ0n) is 25.7. The van der Waals surface area contributed by atoms with Crippen LogP contribution in [0.4, 0.5) is 0 Å². The van der Waals surface area contributed by atoms with E-state index >= 15 is 0 Å². The molecule has 46 heavy (non-hydrogen) atoms. The van der Waals surface area contributed by atoms with Gasteiger partial charge in [0, 0.05) is 14.2 Å². The lowest BCUT2D eigenvalue weighted by Crippen LogP contribution is -2.40. The smallest absolute Gasteiger partial charge is 0.338 e. The highest BCUT2D eigenvalue weighted by Crippen LogP contribution is 2.37. The number of hydrogen-bond acceptors (Lipinski definition) is 8. The van der Waals surface area contributed by atoms with E-state index in [0.29, 0.717) is 49.5 Å². The molecule has 3 aromatic carbocycles. The number of hydrogen-bond donors (Lipinski definition) is 0. The average molecular weight is 885 g/mol. The molecule has 5 rings (SSSR count). The van der Waals surface area contributed by atoms with Gasteiger partial charge in [-0.2, -0.15) is 0 Å². The number of thiazole rings is 1. The summed E-state index contributed by atoms with van der Waals surface area (Å²) in [6.07, 6.45) is 1.75. The van der Waals surface area contributed by atoms with E-state index in [2.05, 4.69) is 45.2 Å². The largest absolute Gasteiger partial charge is 0.493 e. The Labute approximate surface area is 303 Å². The van der Waals surface area contributed by atoms with E-state index in [-0.39, 0.29) is 23.8 Å². The molecular formula is C34H31ClI2N2O6S. The number of aromatic nitrogens is 1. The van der Waals surface area contributed by atoms with Gasteiger partial charge in [0.15, 0.2) is 16.3 Å². The first-order valence-corrected chi connectivity index (χ1v) is 17.8. The summed E-state index contributed by atoms with van der Waals surface area (Å²) in [5.41, 5.74) is 2.86. The van der Waals surface area contributed by atoms with Crippen LogP contribution in [-0.2, 0) is 16.1 Å². The molecule has 0 saturated carbocycles. The van der Waals surface area contributed by atoms with E-state index in [1.807, 2.05) is 62.4 Å². The maximum atomic E-state index is 14.3. The Morgan fingerprint density at radius 3 is 2.52 bits per heavy atom. The van der Waals surface area contributed by atoms with Gasteiger partial charge >= 0.3 is 5.97 Å². The van der Waals surface area contributed by atoms with Gasteiger partial charge in [0.25, 0.3) is 5.56 Å². The minimum atomic E-state index is -0.795. The highest BCUT2D eigenvalue weighted by atomic mass is 127. The molecule has 0 N–H and O–H groups in total. The zero-order valence-corrected chi connectivity index (χ0v) is 31.6. The second-order valence-electron chi connectivity index (χ2n) is 10.6. The van der Waals surface area contributed by atoms with Gasteiger partial charge in [-0.25, -0.2) is 9.79 Å². The van der Waals surface area contributed by atoms with E-state index in [0.717, 1.165) is 18.3 Å². The van der Waals surface area contributed by atoms with Crippen molar-refractivity contribution in [2.45, 2.75) is 46.4 Å². The summed E-state index contributed by atoms with van der Waals surface area (Å²) in [5.74, 6) is 1.18. The molecule has 0 unspecified atom stereocenters.